The van der Waals surface area contributed by atoms with Crippen LogP contribution in [0, 0.1) is 0 Å². The number of rotatable bonds is 4. The second-order valence-electron chi connectivity index (χ2n) is 4.63. The molecule has 0 unspecified atom stereocenters. The van der Waals surface area contributed by atoms with Crippen LogP contribution < -0.4 is 10.1 Å². The average molecular weight is 229 g/mol. The Morgan fingerprint density at radius 3 is 2.56 bits per heavy atom. The molecule has 16 heavy (non-hydrogen) atoms. The summed E-state index contributed by atoms with van der Waals surface area (Å²) in [5, 5.41) is 3.28. The van der Waals surface area contributed by atoms with Crippen molar-refractivity contribution in [1.82, 2.24) is 5.32 Å². The summed E-state index contributed by atoms with van der Waals surface area (Å²) in [5.74, 6) is 0.197. The minimum Gasteiger partial charge on any atom is -0.435 e. The van der Waals surface area contributed by atoms with Gasteiger partial charge in [-0.05, 0) is 38.5 Å². The molecule has 0 saturated carbocycles. The molecule has 0 aliphatic rings. The van der Waals surface area contributed by atoms with Gasteiger partial charge in [0, 0.05) is 12.1 Å². The third-order valence-electron chi connectivity index (χ3n) is 1.95. The summed E-state index contributed by atoms with van der Waals surface area (Å²) < 4.78 is 28.3. The standard InChI is InChI=1S/C12H17F2NO/c1-12(2,3)15-8-9-5-4-6-10(7-9)16-11(13)14/h4-7,11,15H,8H2,1-3H3. The Morgan fingerprint density at radius 1 is 1.31 bits per heavy atom. The highest BCUT2D eigenvalue weighted by molar-refractivity contribution is 5.28. The second-order valence-corrected chi connectivity index (χ2v) is 4.63. The summed E-state index contributed by atoms with van der Waals surface area (Å²) in [6.45, 7) is 4.00. The lowest BCUT2D eigenvalue weighted by Crippen LogP contribution is -2.35. The van der Waals surface area contributed by atoms with E-state index >= 15 is 0 Å². The van der Waals surface area contributed by atoms with Crippen LogP contribution in [0.2, 0.25) is 0 Å². The van der Waals surface area contributed by atoms with E-state index in [2.05, 4.69) is 10.1 Å². The summed E-state index contributed by atoms with van der Waals surface area (Å²) in [4.78, 5) is 0. The van der Waals surface area contributed by atoms with Crippen molar-refractivity contribution in [1.29, 1.82) is 0 Å². The normalized spacial score (nSPS) is 11.9. The van der Waals surface area contributed by atoms with Crippen LogP contribution in [0.5, 0.6) is 5.75 Å². The third-order valence-corrected chi connectivity index (χ3v) is 1.95. The van der Waals surface area contributed by atoms with E-state index in [1.54, 1.807) is 12.1 Å². The largest absolute Gasteiger partial charge is 0.435 e. The minimum absolute atomic E-state index is 0.000420. The molecule has 1 aromatic rings. The Morgan fingerprint density at radius 2 is 2.00 bits per heavy atom. The molecular weight excluding hydrogens is 212 g/mol. The molecule has 1 aromatic carbocycles. The van der Waals surface area contributed by atoms with Crippen molar-refractivity contribution in [2.24, 2.45) is 0 Å². The zero-order chi connectivity index (χ0) is 12.2. The monoisotopic (exact) mass is 229 g/mol. The third kappa shape index (κ3) is 5.07. The first-order valence-electron chi connectivity index (χ1n) is 5.15. The van der Waals surface area contributed by atoms with Crippen molar-refractivity contribution in [2.75, 3.05) is 0 Å². The molecule has 0 atom stereocenters. The number of alkyl halides is 2. The van der Waals surface area contributed by atoms with Gasteiger partial charge in [-0.15, -0.1) is 0 Å². The first kappa shape index (κ1) is 12.9. The highest BCUT2D eigenvalue weighted by Gasteiger charge is 2.09. The van der Waals surface area contributed by atoms with Gasteiger partial charge in [-0.2, -0.15) is 8.78 Å². The van der Waals surface area contributed by atoms with Crippen LogP contribution in [-0.4, -0.2) is 12.2 Å². The average Bonchev–Trinajstić information content (AvgIpc) is 2.13. The number of ether oxygens (including phenoxy) is 1. The van der Waals surface area contributed by atoms with Crippen LogP contribution in [0.3, 0.4) is 0 Å². The van der Waals surface area contributed by atoms with Crippen molar-refractivity contribution in [2.45, 2.75) is 39.5 Å². The molecular formula is C12H17F2NO. The fraction of sp³-hybridized carbons (Fsp3) is 0.500. The van der Waals surface area contributed by atoms with E-state index in [9.17, 15) is 8.78 Å². The molecule has 0 aliphatic carbocycles. The van der Waals surface area contributed by atoms with Gasteiger partial charge in [-0.25, -0.2) is 0 Å². The van der Waals surface area contributed by atoms with Gasteiger partial charge in [0.15, 0.2) is 0 Å². The van der Waals surface area contributed by atoms with Gasteiger partial charge >= 0.3 is 6.61 Å². The van der Waals surface area contributed by atoms with Crippen LogP contribution >= 0.6 is 0 Å². The molecule has 1 N–H and O–H groups in total. The SMILES string of the molecule is CC(C)(C)NCc1cccc(OC(F)F)c1. The van der Waals surface area contributed by atoms with E-state index in [1.165, 1.54) is 6.07 Å². The summed E-state index contributed by atoms with van der Waals surface area (Å²) >= 11 is 0. The number of hydrogen-bond acceptors (Lipinski definition) is 2. The van der Waals surface area contributed by atoms with Crippen LogP contribution in [0.25, 0.3) is 0 Å². The first-order valence-corrected chi connectivity index (χ1v) is 5.15. The smallest absolute Gasteiger partial charge is 0.387 e. The summed E-state index contributed by atoms with van der Waals surface area (Å²) in [7, 11) is 0. The van der Waals surface area contributed by atoms with E-state index in [0.29, 0.717) is 6.54 Å². The fourth-order valence-corrected chi connectivity index (χ4v) is 1.20. The fourth-order valence-electron chi connectivity index (χ4n) is 1.20. The zero-order valence-electron chi connectivity index (χ0n) is 9.76. The molecule has 0 heterocycles. The van der Waals surface area contributed by atoms with Gasteiger partial charge in [-0.1, -0.05) is 12.1 Å². The predicted molar refractivity (Wildman–Crippen MR) is 59.7 cm³/mol. The summed E-state index contributed by atoms with van der Waals surface area (Å²) in [6, 6.07) is 6.71. The van der Waals surface area contributed by atoms with Crippen LogP contribution in [-0.2, 0) is 6.54 Å². The Hall–Kier alpha value is -1.16. The van der Waals surface area contributed by atoms with Gasteiger partial charge in [-0.3, -0.25) is 0 Å². The molecule has 4 heteroatoms. The molecule has 0 amide bonds. The molecule has 0 saturated heterocycles. The first-order chi connectivity index (χ1) is 7.37. The zero-order valence-corrected chi connectivity index (χ0v) is 9.76. The van der Waals surface area contributed by atoms with E-state index in [-0.39, 0.29) is 11.3 Å². The van der Waals surface area contributed by atoms with Gasteiger partial charge in [0.25, 0.3) is 0 Å². The van der Waals surface area contributed by atoms with Crippen LogP contribution in [0.15, 0.2) is 24.3 Å². The molecule has 0 bridgehead atoms. The molecule has 2 nitrogen and oxygen atoms in total. The minimum atomic E-state index is -2.77. The highest BCUT2D eigenvalue weighted by Crippen LogP contribution is 2.16. The molecule has 0 radical (unpaired) electrons. The molecule has 0 spiro atoms. The quantitative estimate of drug-likeness (QED) is 0.856. The lowest BCUT2D eigenvalue weighted by Gasteiger charge is -2.20. The molecule has 90 valence electrons. The van der Waals surface area contributed by atoms with E-state index < -0.39 is 6.61 Å². The number of halogens is 2. The van der Waals surface area contributed by atoms with Gasteiger partial charge in [0.2, 0.25) is 0 Å². The number of nitrogens with one attached hydrogen (secondary N) is 1. The van der Waals surface area contributed by atoms with Crippen molar-refractivity contribution >= 4 is 0 Å². The number of hydrogen-bond donors (Lipinski definition) is 1. The number of benzene rings is 1. The van der Waals surface area contributed by atoms with Crippen molar-refractivity contribution in [3.63, 3.8) is 0 Å². The topological polar surface area (TPSA) is 21.3 Å². The lowest BCUT2D eigenvalue weighted by atomic mass is 10.1. The predicted octanol–water partition coefficient (Wildman–Crippen LogP) is 3.18. The Labute approximate surface area is 94.6 Å². The van der Waals surface area contributed by atoms with E-state index in [4.69, 9.17) is 0 Å². The Kier molecular flexibility index (Phi) is 4.24. The van der Waals surface area contributed by atoms with Gasteiger partial charge < -0.3 is 10.1 Å². The molecule has 0 aromatic heterocycles. The van der Waals surface area contributed by atoms with E-state index in [1.807, 2.05) is 26.8 Å². The maximum Gasteiger partial charge on any atom is 0.387 e. The van der Waals surface area contributed by atoms with Gasteiger partial charge in [0.1, 0.15) is 5.75 Å². The summed E-state index contributed by atoms with van der Waals surface area (Å²) in [5.41, 5.74) is 0.924. The van der Waals surface area contributed by atoms with Gasteiger partial charge in [0.05, 0.1) is 0 Å². The Balaban J connectivity index is 2.60. The maximum atomic E-state index is 12.0. The van der Waals surface area contributed by atoms with Crippen LogP contribution in [0.1, 0.15) is 26.3 Å². The van der Waals surface area contributed by atoms with Crippen molar-refractivity contribution in [3.8, 4) is 5.75 Å². The van der Waals surface area contributed by atoms with Crippen molar-refractivity contribution < 1.29 is 13.5 Å². The lowest BCUT2D eigenvalue weighted by molar-refractivity contribution is -0.0498. The second kappa shape index (κ2) is 5.25. The van der Waals surface area contributed by atoms with E-state index in [0.717, 1.165) is 5.56 Å². The Bertz CT molecular complexity index is 334. The highest BCUT2D eigenvalue weighted by atomic mass is 19.3. The summed E-state index contributed by atoms with van der Waals surface area (Å²) in [6.07, 6.45) is 0. The maximum absolute atomic E-state index is 12.0. The van der Waals surface area contributed by atoms with Crippen molar-refractivity contribution in [3.05, 3.63) is 29.8 Å². The molecule has 0 fully saturated rings. The molecule has 1 rings (SSSR count). The molecule has 0 aliphatic heterocycles. The van der Waals surface area contributed by atoms with Crippen LogP contribution in [0.4, 0.5) is 8.78 Å².